The van der Waals surface area contributed by atoms with Gasteiger partial charge in [-0.15, -0.1) is 0 Å². The number of carbonyl (C=O) groups excluding carboxylic acids is 1. The van der Waals surface area contributed by atoms with E-state index < -0.39 is 5.82 Å². The summed E-state index contributed by atoms with van der Waals surface area (Å²) in [4.78, 5) is 26.7. The summed E-state index contributed by atoms with van der Waals surface area (Å²) in [6.07, 6.45) is 0.407. The number of nitrogens with one attached hydrogen (secondary N) is 2. The Bertz CT molecular complexity index is 934. The highest BCUT2D eigenvalue weighted by molar-refractivity contribution is 5.79. The van der Waals surface area contributed by atoms with Crippen LogP contribution in [0.2, 0.25) is 0 Å². The molecule has 5 heteroatoms. The maximum Gasteiger partial charge on any atom is 0.251 e. The lowest BCUT2D eigenvalue weighted by molar-refractivity contribution is -0.120. The molecule has 0 atom stereocenters. The van der Waals surface area contributed by atoms with Gasteiger partial charge in [0, 0.05) is 17.6 Å². The molecule has 1 heterocycles. The molecule has 2 aromatic carbocycles. The third kappa shape index (κ3) is 3.68. The summed E-state index contributed by atoms with van der Waals surface area (Å²) in [5.41, 5.74) is 1.60. The van der Waals surface area contributed by atoms with Crippen LogP contribution in [0, 0.1) is 5.82 Å². The summed E-state index contributed by atoms with van der Waals surface area (Å²) in [7, 11) is 0. The Kier molecular flexibility index (Phi) is 4.70. The Morgan fingerprint density at radius 2 is 1.79 bits per heavy atom. The molecule has 0 spiro atoms. The van der Waals surface area contributed by atoms with Crippen LogP contribution in [-0.4, -0.2) is 17.4 Å². The van der Waals surface area contributed by atoms with Crippen LogP contribution in [0.1, 0.15) is 11.1 Å². The van der Waals surface area contributed by atoms with Gasteiger partial charge in [-0.25, -0.2) is 4.39 Å². The molecule has 0 saturated heterocycles. The maximum absolute atomic E-state index is 13.5. The van der Waals surface area contributed by atoms with E-state index in [1.165, 1.54) is 6.07 Å². The van der Waals surface area contributed by atoms with Gasteiger partial charge in [-0.1, -0.05) is 36.4 Å². The van der Waals surface area contributed by atoms with Crippen LogP contribution in [0.15, 0.2) is 59.4 Å². The number of pyridine rings is 1. The highest BCUT2D eigenvalue weighted by Crippen LogP contribution is 2.10. The van der Waals surface area contributed by atoms with Gasteiger partial charge in [-0.05, 0) is 35.6 Å². The predicted octanol–water partition coefficient (Wildman–Crippen LogP) is 2.57. The van der Waals surface area contributed by atoms with E-state index in [1.807, 2.05) is 30.3 Å². The Labute approximate surface area is 138 Å². The van der Waals surface area contributed by atoms with Crippen LogP contribution < -0.4 is 10.9 Å². The molecule has 3 aromatic rings. The normalized spacial score (nSPS) is 10.7. The highest BCUT2D eigenvalue weighted by Gasteiger charge is 2.08. The fourth-order valence-corrected chi connectivity index (χ4v) is 2.59. The zero-order valence-electron chi connectivity index (χ0n) is 13.0. The predicted molar refractivity (Wildman–Crippen MR) is 91.4 cm³/mol. The Morgan fingerprint density at radius 1 is 1.04 bits per heavy atom. The third-order valence-corrected chi connectivity index (χ3v) is 3.86. The van der Waals surface area contributed by atoms with Gasteiger partial charge in [0.2, 0.25) is 5.91 Å². The Balaban J connectivity index is 1.60. The summed E-state index contributed by atoms with van der Waals surface area (Å²) in [5, 5.41) is 3.67. The fourth-order valence-electron chi connectivity index (χ4n) is 2.59. The van der Waals surface area contributed by atoms with Crippen molar-refractivity contribution in [1.82, 2.24) is 10.3 Å². The summed E-state index contributed by atoms with van der Waals surface area (Å²) < 4.78 is 13.5. The molecule has 1 aromatic heterocycles. The van der Waals surface area contributed by atoms with Crippen LogP contribution in [-0.2, 0) is 17.6 Å². The molecule has 24 heavy (non-hydrogen) atoms. The molecule has 1 amide bonds. The molecule has 0 aliphatic carbocycles. The van der Waals surface area contributed by atoms with Gasteiger partial charge in [-0.2, -0.15) is 0 Å². The standard InChI is InChI=1S/C19H17FN2O2/c20-16-7-3-1-5-13(16)12-18(23)21-10-9-15-11-14-6-2-4-8-17(14)22-19(15)24/h1-8,11H,9-10,12H2,(H,21,23)(H,22,24). The largest absolute Gasteiger partial charge is 0.355 e. The summed E-state index contributed by atoms with van der Waals surface area (Å²) in [5.74, 6) is -0.657. The number of fused-ring (bicyclic) bond motifs is 1. The number of H-pyrrole nitrogens is 1. The molecule has 0 aliphatic rings. The number of hydrogen-bond donors (Lipinski definition) is 2. The highest BCUT2D eigenvalue weighted by atomic mass is 19.1. The summed E-state index contributed by atoms with van der Waals surface area (Å²) in [6.45, 7) is 0.328. The monoisotopic (exact) mass is 324 g/mol. The van der Waals surface area contributed by atoms with Crippen LogP contribution in [0.25, 0.3) is 10.9 Å². The fraction of sp³-hybridized carbons (Fsp3) is 0.158. The molecule has 0 radical (unpaired) electrons. The number of aromatic nitrogens is 1. The lowest BCUT2D eigenvalue weighted by Crippen LogP contribution is -2.29. The molecule has 0 aliphatic heterocycles. The van der Waals surface area contributed by atoms with Crippen molar-refractivity contribution in [2.45, 2.75) is 12.8 Å². The quantitative estimate of drug-likeness (QED) is 0.758. The van der Waals surface area contributed by atoms with Crippen LogP contribution >= 0.6 is 0 Å². The SMILES string of the molecule is O=C(Cc1ccccc1F)NCCc1cc2ccccc2[nH]c1=O. The Morgan fingerprint density at radius 3 is 2.62 bits per heavy atom. The molecule has 0 bridgehead atoms. The molecule has 0 fully saturated rings. The molecule has 0 saturated carbocycles. The van der Waals surface area contributed by atoms with Gasteiger partial charge in [-0.3, -0.25) is 9.59 Å². The van der Waals surface area contributed by atoms with Gasteiger partial charge in [0.25, 0.3) is 5.56 Å². The molecular weight excluding hydrogens is 307 g/mol. The maximum atomic E-state index is 13.5. The van der Waals surface area contributed by atoms with Gasteiger partial charge in [0.15, 0.2) is 0 Å². The average molecular weight is 324 g/mol. The second-order valence-corrected chi connectivity index (χ2v) is 5.58. The first-order valence-electron chi connectivity index (χ1n) is 7.74. The second-order valence-electron chi connectivity index (χ2n) is 5.58. The average Bonchev–Trinajstić information content (AvgIpc) is 2.57. The van der Waals surface area contributed by atoms with Crippen molar-refractivity contribution in [2.75, 3.05) is 6.54 Å². The minimum Gasteiger partial charge on any atom is -0.355 e. The summed E-state index contributed by atoms with van der Waals surface area (Å²) >= 11 is 0. The first kappa shape index (κ1) is 15.9. The van der Waals surface area contributed by atoms with E-state index in [0.29, 0.717) is 24.1 Å². The van der Waals surface area contributed by atoms with Crippen molar-refractivity contribution in [3.63, 3.8) is 0 Å². The zero-order valence-corrected chi connectivity index (χ0v) is 13.0. The van der Waals surface area contributed by atoms with Gasteiger partial charge in [0.05, 0.1) is 6.42 Å². The second kappa shape index (κ2) is 7.08. The van der Waals surface area contributed by atoms with Gasteiger partial charge >= 0.3 is 0 Å². The minimum atomic E-state index is -0.390. The van der Waals surface area contributed by atoms with E-state index in [0.717, 1.165) is 10.9 Å². The van der Waals surface area contributed by atoms with Crippen LogP contribution in [0.3, 0.4) is 0 Å². The van der Waals surface area contributed by atoms with Crippen molar-refractivity contribution >= 4 is 16.8 Å². The van der Waals surface area contributed by atoms with Crippen molar-refractivity contribution in [1.29, 1.82) is 0 Å². The van der Waals surface area contributed by atoms with Gasteiger partial charge in [0.1, 0.15) is 5.82 Å². The number of carbonyl (C=O) groups is 1. The topological polar surface area (TPSA) is 62.0 Å². The van der Waals surface area contributed by atoms with Crippen molar-refractivity contribution in [3.8, 4) is 0 Å². The molecule has 3 rings (SSSR count). The van der Waals surface area contributed by atoms with Crippen molar-refractivity contribution in [3.05, 3.63) is 81.9 Å². The number of rotatable bonds is 5. The van der Waals surface area contributed by atoms with Gasteiger partial charge < -0.3 is 10.3 Å². The molecule has 122 valence electrons. The van der Waals surface area contributed by atoms with Crippen molar-refractivity contribution in [2.24, 2.45) is 0 Å². The van der Waals surface area contributed by atoms with E-state index in [1.54, 1.807) is 18.2 Å². The van der Waals surface area contributed by atoms with Crippen molar-refractivity contribution < 1.29 is 9.18 Å². The molecule has 4 nitrogen and oxygen atoms in total. The van der Waals surface area contributed by atoms with Crippen LogP contribution in [0.4, 0.5) is 4.39 Å². The minimum absolute atomic E-state index is 0.0131. The third-order valence-electron chi connectivity index (χ3n) is 3.86. The number of benzene rings is 2. The molecule has 0 unspecified atom stereocenters. The Hall–Kier alpha value is -2.95. The van der Waals surface area contributed by atoms with E-state index in [4.69, 9.17) is 0 Å². The number of aromatic amines is 1. The number of para-hydroxylation sites is 1. The molecule has 2 N–H and O–H groups in total. The van der Waals surface area contributed by atoms with E-state index in [9.17, 15) is 14.0 Å². The smallest absolute Gasteiger partial charge is 0.251 e. The number of halogens is 1. The first-order chi connectivity index (χ1) is 11.6. The number of hydrogen-bond acceptors (Lipinski definition) is 2. The lowest BCUT2D eigenvalue weighted by atomic mass is 10.1. The van der Waals surface area contributed by atoms with Crippen LogP contribution in [0.5, 0.6) is 0 Å². The summed E-state index contributed by atoms with van der Waals surface area (Å²) in [6, 6.07) is 15.6. The first-order valence-corrected chi connectivity index (χ1v) is 7.74. The molecular formula is C19H17FN2O2. The van der Waals surface area contributed by atoms with E-state index in [-0.39, 0.29) is 17.9 Å². The van der Waals surface area contributed by atoms with E-state index >= 15 is 0 Å². The number of amides is 1. The van der Waals surface area contributed by atoms with E-state index in [2.05, 4.69) is 10.3 Å². The lowest BCUT2D eigenvalue weighted by Gasteiger charge is -2.07. The zero-order chi connectivity index (χ0) is 16.9.